The number of nitrogens with one attached hydrogen (secondary N) is 3. The number of hydrogen-bond donors (Lipinski definition) is 3. The second-order valence-electron chi connectivity index (χ2n) is 9.37. The number of aromatic nitrogens is 1. The Labute approximate surface area is 223 Å². The summed E-state index contributed by atoms with van der Waals surface area (Å²) < 4.78 is 51.4. The Balaban J connectivity index is 0.00000164. The summed E-state index contributed by atoms with van der Waals surface area (Å²) in [7, 11) is -3.79. The minimum absolute atomic E-state index is 0.144. The van der Waals surface area contributed by atoms with Gasteiger partial charge in [-0.2, -0.15) is 0 Å². The number of pyridine rings is 1. The first-order valence-electron chi connectivity index (χ1n) is 12.9. The largest absolute Gasteiger partial charge is 0.373 e. The van der Waals surface area contributed by atoms with Crippen LogP contribution in [0.15, 0.2) is 53.3 Å². The van der Waals surface area contributed by atoms with Crippen LogP contribution in [0.5, 0.6) is 0 Å². The minimum Gasteiger partial charge on any atom is -0.373 e. The zero-order valence-corrected chi connectivity index (χ0v) is 23.0. The zero-order valence-electron chi connectivity index (χ0n) is 22.2. The highest BCUT2D eigenvalue weighted by Gasteiger charge is 2.40. The molecule has 2 aliphatic rings. The molecule has 204 valence electrons. The van der Waals surface area contributed by atoms with Gasteiger partial charge in [0.15, 0.2) is 0 Å². The van der Waals surface area contributed by atoms with Crippen LogP contribution in [0.2, 0.25) is 0 Å². The Kier molecular flexibility index (Phi) is 8.42. The number of sulfonamides is 1. The summed E-state index contributed by atoms with van der Waals surface area (Å²) in [6.07, 6.45) is 0.604. The first-order chi connectivity index (χ1) is 18.2. The molecular weight excluding hydrogens is 507 g/mol. The number of anilines is 4. The van der Waals surface area contributed by atoms with Gasteiger partial charge in [-0.05, 0) is 49.9 Å². The molecule has 1 aliphatic carbocycles. The summed E-state index contributed by atoms with van der Waals surface area (Å²) in [5, 5.41) is 5.45. The Bertz CT molecular complexity index is 1450. The summed E-state index contributed by atoms with van der Waals surface area (Å²) in [5.74, 6) is -0.116. The highest BCUT2D eigenvalue weighted by Crippen LogP contribution is 2.39. The number of halogens is 1. The topological polar surface area (TPSA) is 101 Å². The van der Waals surface area contributed by atoms with Crippen molar-refractivity contribution >= 4 is 32.9 Å². The van der Waals surface area contributed by atoms with Crippen molar-refractivity contribution in [2.24, 2.45) is 0 Å². The minimum atomic E-state index is -3.79. The molecule has 0 atom stereocenters. The van der Waals surface area contributed by atoms with Crippen molar-refractivity contribution in [1.82, 2.24) is 4.57 Å². The number of fused-ring (bicyclic) bond motifs is 1. The van der Waals surface area contributed by atoms with Crippen molar-refractivity contribution in [3.63, 3.8) is 0 Å². The van der Waals surface area contributed by atoms with Crippen LogP contribution in [0.1, 0.15) is 43.4 Å². The molecule has 5 rings (SSSR count). The average molecular weight is 543 g/mol. The van der Waals surface area contributed by atoms with E-state index in [1.54, 1.807) is 26.0 Å². The second-order valence-corrected chi connectivity index (χ2v) is 11.3. The van der Waals surface area contributed by atoms with E-state index in [4.69, 9.17) is 4.74 Å². The van der Waals surface area contributed by atoms with Gasteiger partial charge in [-0.25, -0.2) is 12.8 Å². The maximum atomic E-state index is 14.6. The molecule has 1 fully saturated rings. The summed E-state index contributed by atoms with van der Waals surface area (Å²) in [4.78, 5) is 13.0. The fourth-order valence-electron chi connectivity index (χ4n) is 4.57. The fraction of sp³-hybridized carbons (Fsp3) is 0.393. The van der Waals surface area contributed by atoms with E-state index in [0.29, 0.717) is 43.9 Å². The van der Waals surface area contributed by atoms with Gasteiger partial charge in [0.1, 0.15) is 17.3 Å². The molecule has 0 amide bonds. The van der Waals surface area contributed by atoms with Crippen LogP contribution in [0.25, 0.3) is 0 Å². The van der Waals surface area contributed by atoms with Gasteiger partial charge < -0.3 is 15.4 Å². The average Bonchev–Trinajstić information content (AvgIpc) is 3.37. The molecule has 0 unspecified atom stereocenters. The van der Waals surface area contributed by atoms with Gasteiger partial charge >= 0.3 is 0 Å². The monoisotopic (exact) mass is 542 g/mol. The van der Waals surface area contributed by atoms with Crippen LogP contribution >= 0.6 is 0 Å². The smallest absolute Gasteiger partial charge is 0.257 e. The van der Waals surface area contributed by atoms with E-state index in [0.717, 1.165) is 11.1 Å². The lowest BCUT2D eigenvalue weighted by Crippen LogP contribution is -2.43. The number of ether oxygens (including phenoxy) is 1. The Morgan fingerprint density at radius 1 is 1.08 bits per heavy atom. The van der Waals surface area contributed by atoms with E-state index in [2.05, 4.69) is 15.4 Å². The van der Waals surface area contributed by atoms with Crippen molar-refractivity contribution in [3.8, 4) is 0 Å². The number of aryl methyl sites for hydroxylation is 1. The highest BCUT2D eigenvalue weighted by molar-refractivity contribution is 7.93. The second kappa shape index (κ2) is 11.6. The summed E-state index contributed by atoms with van der Waals surface area (Å²) in [6, 6.07) is 14.4. The van der Waals surface area contributed by atoms with Gasteiger partial charge in [-0.15, -0.1) is 0 Å². The molecule has 38 heavy (non-hydrogen) atoms. The van der Waals surface area contributed by atoms with Crippen molar-refractivity contribution in [1.29, 1.82) is 0 Å². The van der Waals surface area contributed by atoms with E-state index in [-0.39, 0.29) is 28.7 Å². The van der Waals surface area contributed by atoms with Gasteiger partial charge in [0, 0.05) is 18.7 Å². The van der Waals surface area contributed by atoms with Crippen molar-refractivity contribution in [3.05, 3.63) is 81.4 Å². The quantitative estimate of drug-likeness (QED) is 0.358. The van der Waals surface area contributed by atoms with Gasteiger partial charge in [0.05, 0.1) is 29.3 Å². The first kappa shape index (κ1) is 27.7. The lowest BCUT2D eigenvalue weighted by atomic mass is 9.95. The molecule has 0 spiro atoms. The SMILES string of the molecule is CC.Cc1ccc(Nc2c(NS(=O)(=O)C3CC(OCc4ccccc4)C3)c3n(c(=O)c2C)CCN3)c(F)c1. The molecule has 0 radical (unpaired) electrons. The maximum Gasteiger partial charge on any atom is 0.257 e. The first-order valence-corrected chi connectivity index (χ1v) is 14.5. The molecule has 1 aliphatic heterocycles. The van der Waals surface area contributed by atoms with E-state index in [1.807, 2.05) is 44.2 Å². The summed E-state index contributed by atoms with van der Waals surface area (Å²) in [5.41, 5.74) is 2.45. The van der Waals surface area contributed by atoms with Crippen molar-refractivity contribution in [2.45, 2.75) is 65.0 Å². The lowest BCUT2D eigenvalue weighted by molar-refractivity contribution is -0.00642. The van der Waals surface area contributed by atoms with Crippen molar-refractivity contribution in [2.75, 3.05) is 21.9 Å². The third-order valence-electron chi connectivity index (χ3n) is 6.77. The lowest BCUT2D eigenvalue weighted by Gasteiger charge is -2.35. The number of benzene rings is 2. The third-order valence-corrected chi connectivity index (χ3v) is 8.52. The van der Waals surface area contributed by atoms with Crippen LogP contribution in [-0.4, -0.2) is 30.9 Å². The van der Waals surface area contributed by atoms with Crippen molar-refractivity contribution < 1.29 is 17.5 Å². The van der Waals surface area contributed by atoms with Crippen LogP contribution in [0.4, 0.5) is 27.3 Å². The highest BCUT2D eigenvalue weighted by atomic mass is 32.2. The molecule has 10 heteroatoms. The molecule has 8 nitrogen and oxygen atoms in total. The number of rotatable bonds is 8. The van der Waals surface area contributed by atoms with E-state index in [1.165, 1.54) is 10.6 Å². The van der Waals surface area contributed by atoms with Crippen LogP contribution in [0.3, 0.4) is 0 Å². The number of nitrogens with zero attached hydrogens (tertiary/aromatic N) is 1. The summed E-state index contributed by atoms with van der Waals surface area (Å²) >= 11 is 0. The number of hydrogen-bond acceptors (Lipinski definition) is 6. The van der Waals surface area contributed by atoms with Crippen LogP contribution < -0.4 is 20.9 Å². The van der Waals surface area contributed by atoms with E-state index in [9.17, 15) is 17.6 Å². The Hall–Kier alpha value is -3.37. The van der Waals surface area contributed by atoms with Gasteiger partial charge in [0.25, 0.3) is 5.56 Å². The molecular formula is C28H35FN4O4S. The van der Waals surface area contributed by atoms with Gasteiger partial charge in [-0.3, -0.25) is 14.1 Å². The van der Waals surface area contributed by atoms with E-state index >= 15 is 0 Å². The fourth-order valence-corrected chi connectivity index (χ4v) is 6.15. The third kappa shape index (κ3) is 5.71. The molecule has 3 N–H and O–H groups in total. The molecule has 0 bridgehead atoms. The molecule has 1 saturated carbocycles. The van der Waals surface area contributed by atoms with Crippen LogP contribution in [-0.2, 0) is 27.9 Å². The summed E-state index contributed by atoms with van der Waals surface area (Å²) in [6.45, 7) is 8.72. The Morgan fingerprint density at radius 3 is 2.47 bits per heavy atom. The molecule has 3 aromatic rings. The Morgan fingerprint density at radius 2 is 1.79 bits per heavy atom. The predicted molar refractivity (Wildman–Crippen MR) is 150 cm³/mol. The predicted octanol–water partition coefficient (Wildman–Crippen LogP) is 5.29. The zero-order chi connectivity index (χ0) is 27.4. The van der Waals surface area contributed by atoms with Crippen LogP contribution in [0, 0.1) is 19.7 Å². The maximum absolute atomic E-state index is 14.6. The molecule has 0 saturated heterocycles. The normalized spacial score (nSPS) is 17.9. The molecule has 2 aromatic carbocycles. The molecule has 2 heterocycles. The van der Waals surface area contributed by atoms with Gasteiger partial charge in [0.2, 0.25) is 10.0 Å². The van der Waals surface area contributed by atoms with Gasteiger partial charge in [-0.1, -0.05) is 50.2 Å². The standard InChI is InChI=1S/C26H29FN4O4S.C2H6/c1-16-8-9-22(21(27)12-16)29-23-17(2)26(32)31-11-10-28-25(31)24(23)30-36(33,34)20-13-19(14-20)35-15-18-6-4-3-5-7-18;1-2/h3-9,12,19-20,28-30H,10-11,13-15H2,1-2H3;1-2H3. The van der Waals surface area contributed by atoms with E-state index < -0.39 is 21.1 Å². The molecule has 1 aromatic heterocycles.